The van der Waals surface area contributed by atoms with Gasteiger partial charge in [0.25, 0.3) is 11.8 Å². The zero-order valence-electron chi connectivity index (χ0n) is 11.6. The Balaban J connectivity index is 1.74. The predicted octanol–water partition coefficient (Wildman–Crippen LogP) is 0.0111. The molecule has 2 aliphatic rings. The van der Waals surface area contributed by atoms with E-state index in [0.717, 1.165) is 29.4 Å². The van der Waals surface area contributed by atoms with Crippen molar-refractivity contribution in [1.82, 2.24) is 10.2 Å². The fraction of sp³-hybridized carbons (Fsp3) is 0.357. The first-order valence-electron chi connectivity index (χ1n) is 6.79. The predicted molar refractivity (Wildman–Crippen MR) is 77.1 cm³/mol. The maximum Gasteiger partial charge on any atom is 0.252 e. The van der Waals surface area contributed by atoms with Crippen molar-refractivity contribution in [1.29, 1.82) is 0 Å². The van der Waals surface area contributed by atoms with Crippen molar-refractivity contribution < 1.29 is 14.4 Å². The van der Waals surface area contributed by atoms with Gasteiger partial charge in [-0.2, -0.15) is 0 Å². The molecule has 1 aromatic carbocycles. The third kappa shape index (κ3) is 2.42. The van der Waals surface area contributed by atoms with Crippen LogP contribution in [-0.4, -0.2) is 48.8 Å². The van der Waals surface area contributed by atoms with Crippen LogP contribution in [-0.2, 0) is 9.59 Å². The summed E-state index contributed by atoms with van der Waals surface area (Å²) in [7, 11) is 1.42. The van der Waals surface area contributed by atoms with E-state index in [9.17, 15) is 14.4 Å². The molecule has 0 saturated carbocycles. The smallest absolute Gasteiger partial charge is 0.252 e. The highest BCUT2D eigenvalue weighted by atomic mass is 16.2. The van der Waals surface area contributed by atoms with E-state index in [0.29, 0.717) is 5.56 Å². The van der Waals surface area contributed by atoms with E-state index in [1.807, 2.05) is 6.07 Å². The van der Waals surface area contributed by atoms with Gasteiger partial charge in [-0.05, 0) is 18.2 Å². The molecule has 110 valence electrons. The normalized spacial score (nSPS) is 20.6. The third-order valence-corrected chi connectivity index (χ3v) is 3.72. The average molecular weight is 288 g/mol. The Morgan fingerprint density at radius 2 is 1.95 bits per heavy atom. The van der Waals surface area contributed by atoms with Gasteiger partial charge in [-0.3, -0.25) is 19.3 Å². The van der Waals surface area contributed by atoms with Gasteiger partial charge in [0.15, 0.2) is 0 Å². The highest BCUT2D eigenvalue weighted by Crippen LogP contribution is 2.25. The minimum Gasteiger partial charge on any atom is -0.382 e. The van der Waals surface area contributed by atoms with Gasteiger partial charge >= 0.3 is 0 Å². The van der Waals surface area contributed by atoms with Gasteiger partial charge in [0.1, 0.15) is 6.04 Å². The van der Waals surface area contributed by atoms with Crippen LogP contribution in [0, 0.1) is 0 Å². The summed E-state index contributed by atoms with van der Waals surface area (Å²) in [6.07, 6.45) is 0.0197. The van der Waals surface area contributed by atoms with Crippen molar-refractivity contribution in [3.8, 4) is 0 Å². The van der Waals surface area contributed by atoms with E-state index in [1.165, 1.54) is 7.05 Å². The van der Waals surface area contributed by atoms with Crippen LogP contribution in [0.4, 0.5) is 11.4 Å². The summed E-state index contributed by atoms with van der Waals surface area (Å²) in [6, 6.07) is 4.49. The standard InChI is InChI=1S/C14H16N4O3/c1-18-12(19)7-11(14(18)21)17-13(20)8-2-3-9-10(6-8)16-5-4-15-9/h2-3,6,11,15-16H,4-5,7H2,1H3,(H,17,20). The molecule has 2 aliphatic heterocycles. The zero-order chi connectivity index (χ0) is 15.0. The molecule has 7 heteroatoms. The number of fused-ring (bicyclic) bond motifs is 1. The molecule has 2 heterocycles. The lowest BCUT2D eigenvalue weighted by Crippen LogP contribution is -2.40. The lowest BCUT2D eigenvalue weighted by atomic mass is 10.1. The largest absolute Gasteiger partial charge is 0.382 e. The molecule has 0 aliphatic carbocycles. The number of nitrogens with one attached hydrogen (secondary N) is 3. The van der Waals surface area contributed by atoms with Crippen molar-refractivity contribution in [2.45, 2.75) is 12.5 Å². The summed E-state index contributed by atoms with van der Waals surface area (Å²) in [5.74, 6) is -1.00. The van der Waals surface area contributed by atoms with E-state index >= 15 is 0 Å². The van der Waals surface area contributed by atoms with Crippen molar-refractivity contribution >= 4 is 29.1 Å². The second-order valence-corrected chi connectivity index (χ2v) is 5.14. The Morgan fingerprint density at radius 3 is 2.62 bits per heavy atom. The van der Waals surface area contributed by atoms with E-state index in [2.05, 4.69) is 16.0 Å². The monoisotopic (exact) mass is 288 g/mol. The molecule has 0 spiro atoms. The van der Waals surface area contributed by atoms with E-state index in [1.54, 1.807) is 12.1 Å². The van der Waals surface area contributed by atoms with Crippen LogP contribution in [0.15, 0.2) is 18.2 Å². The molecule has 1 unspecified atom stereocenters. The number of imide groups is 1. The van der Waals surface area contributed by atoms with Gasteiger partial charge < -0.3 is 16.0 Å². The van der Waals surface area contributed by atoms with E-state index < -0.39 is 6.04 Å². The number of hydrogen-bond acceptors (Lipinski definition) is 5. The number of amides is 3. The second-order valence-electron chi connectivity index (χ2n) is 5.14. The first-order chi connectivity index (χ1) is 10.1. The summed E-state index contributed by atoms with van der Waals surface area (Å²) in [5, 5.41) is 9.04. The first-order valence-corrected chi connectivity index (χ1v) is 6.79. The summed E-state index contributed by atoms with van der Waals surface area (Å²) < 4.78 is 0. The Morgan fingerprint density at radius 1 is 1.24 bits per heavy atom. The van der Waals surface area contributed by atoms with Gasteiger partial charge in [-0.15, -0.1) is 0 Å². The highest BCUT2D eigenvalue weighted by molar-refractivity contribution is 6.08. The Kier molecular flexibility index (Phi) is 3.25. The van der Waals surface area contributed by atoms with Crippen LogP contribution in [0.1, 0.15) is 16.8 Å². The number of carbonyl (C=O) groups excluding carboxylic acids is 3. The molecule has 1 fully saturated rings. The van der Waals surface area contributed by atoms with Crippen molar-refractivity contribution in [2.75, 3.05) is 30.8 Å². The van der Waals surface area contributed by atoms with Crippen LogP contribution < -0.4 is 16.0 Å². The van der Waals surface area contributed by atoms with Gasteiger partial charge in [-0.1, -0.05) is 0 Å². The quantitative estimate of drug-likeness (QED) is 0.667. The molecule has 3 N–H and O–H groups in total. The number of benzene rings is 1. The average Bonchev–Trinajstić information content (AvgIpc) is 2.74. The maximum absolute atomic E-state index is 12.2. The molecule has 0 radical (unpaired) electrons. The lowest BCUT2D eigenvalue weighted by Gasteiger charge is -2.20. The Bertz CT molecular complexity index is 629. The number of nitrogens with zero attached hydrogens (tertiary/aromatic N) is 1. The molecule has 1 atom stereocenters. The van der Waals surface area contributed by atoms with Crippen LogP contribution >= 0.6 is 0 Å². The Labute approximate surface area is 121 Å². The SMILES string of the molecule is CN1C(=O)CC(NC(=O)c2ccc3c(c2)NCCN3)C1=O. The minimum absolute atomic E-state index is 0.0197. The number of likely N-dealkylation sites (N-methyl/N-ethyl adjacent to an activating group) is 1. The number of rotatable bonds is 2. The summed E-state index contributed by atoms with van der Waals surface area (Å²) in [4.78, 5) is 36.5. The van der Waals surface area contributed by atoms with Gasteiger partial charge in [-0.25, -0.2) is 0 Å². The van der Waals surface area contributed by atoms with Crippen molar-refractivity contribution in [3.63, 3.8) is 0 Å². The molecule has 1 saturated heterocycles. The topological polar surface area (TPSA) is 90.5 Å². The summed E-state index contributed by atoms with van der Waals surface area (Å²) >= 11 is 0. The van der Waals surface area contributed by atoms with Crippen LogP contribution in [0.2, 0.25) is 0 Å². The molecular weight excluding hydrogens is 272 g/mol. The molecule has 1 aromatic rings. The fourth-order valence-corrected chi connectivity index (χ4v) is 2.49. The zero-order valence-corrected chi connectivity index (χ0v) is 11.6. The van der Waals surface area contributed by atoms with E-state index in [-0.39, 0.29) is 24.1 Å². The highest BCUT2D eigenvalue weighted by Gasteiger charge is 2.37. The van der Waals surface area contributed by atoms with Gasteiger partial charge in [0.05, 0.1) is 17.8 Å². The molecular formula is C14H16N4O3. The van der Waals surface area contributed by atoms with Crippen LogP contribution in [0.5, 0.6) is 0 Å². The van der Waals surface area contributed by atoms with Gasteiger partial charge in [0, 0.05) is 25.7 Å². The van der Waals surface area contributed by atoms with Gasteiger partial charge in [0.2, 0.25) is 5.91 Å². The molecule has 7 nitrogen and oxygen atoms in total. The minimum atomic E-state index is -0.767. The van der Waals surface area contributed by atoms with Crippen LogP contribution in [0.3, 0.4) is 0 Å². The number of hydrogen-bond donors (Lipinski definition) is 3. The second kappa shape index (κ2) is 5.08. The van der Waals surface area contributed by atoms with Crippen molar-refractivity contribution in [2.24, 2.45) is 0 Å². The molecule has 0 bridgehead atoms. The van der Waals surface area contributed by atoms with E-state index in [4.69, 9.17) is 0 Å². The molecule has 0 aromatic heterocycles. The maximum atomic E-state index is 12.2. The summed E-state index contributed by atoms with van der Waals surface area (Å²) in [5.41, 5.74) is 2.27. The summed E-state index contributed by atoms with van der Waals surface area (Å²) in [6.45, 7) is 1.63. The Hall–Kier alpha value is -2.57. The number of carbonyl (C=O) groups is 3. The number of likely N-dealkylation sites (tertiary alicyclic amines) is 1. The molecule has 21 heavy (non-hydrogen) atoms. The lowest BCUT2D eigenvalue weighted by molar-refractivity contribution is -0.137. The first kappa shape index (κ1) is 13.4. The third-order valence-electron chi connectivity index (χ3n) is 3.72. The molecule has 3 rings (SSSR count). The number of anilines is 2. The molecule has 3 amide bonds. The fourth-order valence-electron chi connectivity index (χ4n) is 2.49. The van der Waals surface area contributed by atoms with Crippen LogP contribution in [0.25, 0.3) is 0 Å². The van der Waals surface area contributed by atoms with Crippen molar-refractivity contribution in [3.05, 3.63) is 23.8 Å².